The zero-order valence-electron chi connectivity index (χ0n) is 19.7. The lowest BCUT2D eigenvalue weighted by Crippen LogP contribution is -2.59. The fraction of sp³-hybridized carbons (Fsp3) is 0.433. The average molecular weight is 441 g/mol. The number of carbonyl (C=O) groups excluding carboxylic acids is 1. The van der Waals surface area contributed by atoms with Crippen molar-refractivity contribution in [1.82, 2.24) is 0 Å². The van der Waals surface area contributed by atoms with Crippen molar-refractivity contribution in [2.75, 3.05) is 0 Å². The van der Waals surface area contributed by atoms with E-state index in [2.05, 4.69) is 62.4 Å². The number of aryl methyl sites for hydroxylation is 2. The minimum Gasteiger partial charge on any atom is -0.484 e. The Morgan fingerprint density at radius 2 is 1.24 bits per heavy atom. The summed E-state index contributed by atoms with van der Waals surface area (Å²) in [6.45, 7) is 4.33. The fourth-order valence-electron chi connectivity index (χ4n) is 6.35. The van der Waals surface area contributed by atoms with E-state index in [9.17, 15) is 4.79 Å². The molecule has 170 valence electrons. The molecule has 2 atom stereocenters. The zero-order valence-corrected chi connectivity index (χ0v) is 19.7. The highest BCUT2D eigenvalue weighted by molar-refractivity contribution is 6.17. The molecule has 3 heteroatoms. The lowest BCUT2D eigenvalue weighted by atomic mass is 9.60. The molecule has 0 unspecified atom stereocenters. The van der Waals surface area contributed by atoms with Crippen LogP contribution in [0.1, 0.15) is 74.6 Å². The van der Waals surface area contributed by atoms with Crippen molar-refractivity contribution in [2.24, 2.45) is 5.41 Å². The second-order valence-electron chi connectivity index (χ2n) is 10.1. The van der Waals surface area contributed by atoms with Crippen LogP contribution in [0, 0.1) is 5.41 Å². The third kappa shape index (κ3) is 3.19. The second-order valence-corrected chi connectivity index (χ2v) is 10.1. The molecule has 2 fully saturated rings. The maximum Gasteiger partial charge on any atom is 0.192 e. The molecule has 6 rings (SSSR count). The van der Waals surface area contributed by atoms with Gasteiger partial charge in [-0.05, 0) is 61.1 Å². The van der Waals surface area contributed by atoms with Gasteiger partial charge in [-0.1, -0.05) is 63.8 Å². The predicted octanol–water partition coefficient (Wildman–Crippen LogP) is 6.72. The summed E-state index contributed by atoms with van der Waals surface area (Å²) in [4.78, 5) is 13.9. The monoisotopic (exact) mass is 440 g/mol. The topological polar surface area (TPSA) is 35.5 Å². The molecule has 0 radical (unpaired) electrons. The molecule has 0 N–H and O–H groups in total. The van der Waals surface area contributed by atoms with Gasteiger partial charge < -0.3 is 9.47 Å². The summed E-state index contributed by atoms with van der Waals surface area (Å²) in [6.07, 6.45) is 12.5. The quantitative estimate of drug-likeness (QED) is 0.520. The fourth-order valence-corrected chi connectivity index (χ4v) is 6.35. The van der Waals surface area contributed by atoms with Gasteiger partial charge in [0.2, 0.25) is 0 Å². The molecule has 0 amide bonds. The first-order chi connectivity index (χ1) is 16.1. The molecule has 2 aliphatic heterocycles. The van der Waals surface area contributed by atoms with E-state index in [0.29, 0.717) is 0 Å². The smallest absolute Gasteiger partial charge is 0.192 e. The Hall–Kier alpha value is -2.81. The van der Waals surface area contributed by atoms with Crippen molar-refractivity contribution in [3.05, 3.63) is 69.8 Å². The number of rotatable bonds is 2. The van der Waals surface area contributed by atoms with Crippen molar-refractivity contribution in [3.63, 3.8) is 0 Å². The van der Waals surface area contributed by atoms with E-state index in [1.165, 1.54) is 24.0 Å². The van der Waals surface area contributed by atoms with E-state index in [0.717, 1.165) is 72.3 Å². The summed E-state index contributed by atoms with van der Waals surface area (Å²) in [5.41, 5.74) is 5.96. The maximum atomic E-state index is 13.9. The third-order valence-electron chi connectivity index (χ3n) is 8.25. The van der Waals surface area contributed by atoms with Crippen LogP contribution in [-0.2, 0) is 17.6 Å². The van der Waals surface area contributed by atoms with E-state index in [1.54, 1.807) is 0 Å². The molecule has 2 aliphatic carbocycles. The van der Waals surface area contributed by atoms with Gasteiger partial charge in [0, 0.05) is 22.3 Å². The number of hydrogen-bond donors (Lipinski definition) is 0. The molecule has 0 saturated heterocycles. The van der Waals surface area contributed by atoms with E-state index >= 15 is 0 Å². The average Bonchev–Trinajstić information content (AvgIpc) is 3.12. The minimum absolute atomic E-state index is 0.0929. The van der Waals surface area contributed by atoms with E-state index in [-0.39, 0.29) is 23.4 Å². The van der Waals surface area contributed by atoms with Crippen molar-refractivity contribution >= 4 is 17.9 Å². The van der Waals surface area contributed by atoms with Gasteiger partial charge in [-0.15, -0.1) is 0 Å². The number of carbonyl (C=O) groups is 1. The number of ether oxygens (including phenoxy) is 2. The molecule has 2 heterocycles. The molecule has 0 bridgehead atoms. The number of hydrogen-bond acceptors (Lipinski definition) is 3. The van der Waals surface area contributed by atoms with Crippen LogP contribution in [-0.4, -0.2) is 18.0 Å². The Balaban J connectivity index is 1.53. The van der Waals surface area contributed by atoms with E-state index in [1.807, 2.05) is 0 Å². The molecule has 2 saturated carbocycles. The summed E-state index contributed by atoms with van der Waals surface area (Å²) in [5.74, 6) is 1.92. The standard InChI is InChI=1S/C30H32O3/c1-3-19-9-11-21-17-23-27(31)24-18-22-12-10-20(4-2)16-26(22)33-29(24)30(13-7-5-6-8-14-30)28(23)32-25(21)15-19/h9-12,15-18,28-29H,3-8,13-14H2,1-2H3/t28-,29+. The van der Waals surface area contributed by atoms with E-state index < -0.39 is 0 Å². The van der Waals surface area contributed by atoms with Crippen LogP contribution in [0.3, 0.4) is 0 Å². The Labute approximate surface area is 196 Å². The first kappa shape index (κ1) is 20.8. The Morgan fingerprint density at radius 3 is 1.70 bits per heavy atom. The SMILES string of the molecule is CCc1ccc2c(c1)O[C@@H]1C(=C2)C(=O)C2=Cc3ccc(CC)cc3O[C@@H]2C12CCCCCC2. The highest BCUT2D eigenvalue weighted by Crippen LogP contribution is 2.55. The molecule has 1 spiro atoms. The summed E-state index contributed by atoms with van der Waals surface area (Å²) in [5, 5.41) is 0. The van der Waals surface area contributed by atoms with E-state index in [4.69, 9.17) is 9.47 Å². The molecule has 33 heavy (non-hydrogen) atoms. The molecule has 3 nitrogen and oxygen atoms in total. The van der Waals surface area contributed by atoms with Crippen LogP contribution >= 0.6 is 0 Å². The minimum atomic E-state index is -0.249. The van der Waals surface area contributed by atoms with Crippen LogP contribution in [0.25, 0.3) is 12.2 Å². The van der Waals surface area contributed by atoms with Crippen LogP contribution in [0.2, 0.25) is 0 Å². The number of fused-ring (bicyclic) bond motifs is 6. The van der Waals surface area contributed by atoms with Crippen LogP contribution in [0.15, 0.2) is 47.5 Å². The molecular formula is C30H32O3. The van der Waals surface area contributed by atoms with Gasteiger partial charge in [0.25, 0.3) is 0 Å². The summed E-state index contributed by atoms with van der Waals surface area (Å²) >= 11 is 0. The molecule has 2 aromatic rings. The van der Waals surface area contributed by atoms with Crippen molar-refractivity contribution in [1.29, 1.82) is 0 Å². The lowest BCUT2D eigenvalue weighted by Gasteiger charge is -2.52. The van der Waals surface area contributed by atoms with Gasteiger partial charge >= 0.3 is 0 Å². The van der Waals surface area contributed by atoms with Crippen molar-refractivity contribution in [2.45, 2.75) is 77.4 Å². The van der Waals surface area contributed by atoms with Gasteiger partial charge in [0.05, 0.1) is 5.41 Å². The largest absolute Gasteiger partial charge is 0.484 e. The summed E-state index contributed by atoms with van der Waals surface area (Å²) in [7, 11) is 0. The Kier molecular flexibility index (Phi) is 4.97. The summed E-state index contributed by atoms with van der Waals surface area (Å²) < 4.78 is 13.6. The number of ketones is 1. The van der Waals surface area contributed by atoms with Crippen molar-refractivity contribution in [3.8, 4) is 11.5 Å². The lowest BCUT2D eigenvalue weighted by molar-refractivity contribution is -0.121. The van der Waals surface area contributed by atoms with Crippen molar-refractivity contribution < 1.29 is 14.3 Å². The molecule has 2 aromatic carbocycles. The van der Waals surface area contributed by atoms with Gasteiger partial charge in [-0.3, -0.25) is 4.79 Å². The number of Topliss-reactive ketones (excluding diaryl/α,β-unsaturated/α-hetero) is 1. The second kappa shape index (κ2) is 7.90. The zero-order chi connectivity index (χ0) is 22.6. The van der Waals surface area contributed by atoms with Gasteiger partial charge in [0.15, 0.2) is 5.78 Å². The molecule has 0 aromatic heterocycles. The van der Waals surface area contributed by atoms with Gasteiger partial charge in [-0.2, -0.15) is 0 Å². The first-order valence-electron chi connectivity index (χ1n) is 12.7. The van der Waals surface area contributed by atoms with Crippen LogP contribution in [0.4, 0.5) is 0 Å². The van der Waals surface area contributed by atoms with Gasteiger partial charge in [0.1, 0.15) is 23.7 Å². The maximum absolute atomic E-state index is 13.9. The first-order valence-corrected chi connectivity index (χ1v) is 12.7. The molecule has 4 aliphatic rings. The third-order valence-corrected chi connectivity index (χ3v) is 8.25. The van der Waals surface area contributed by atoms with Crippen LogP contribution < -0.4 is 9.47 Å². The number of benzene rings is 2. The highest BCUT2D eigenvalue weighted by Gasteiger charge is 2.59. The Morgan fingerprint density at radius 1 is 0.758 bits per heavy atom. The Bertz CT molecular complexity index is 1090. The highest BCUT2D eigenvalue weighted by atomic mass is 16.5. The van der Waals surface area contributed by atoms with Crippen LogP contribution in [0.5, 0.6) is 11.5 Å². The normalized spacial score (nSPS) is 24.7. The van der Waals surface area contributed by atoms with Gasteiger partial charge in [-0.25, -0.2) is 0 Å². The predicted molar refractivity (Wildman–Crippen MR) is 132 cm³/mol. The molecular weight excluding hydrogens is 408 g/mol. The summed E-state index contributed by atoms with van der Waals surface area (Å²) in [6, 6.07) is 12.8.